The molecule has 2 aliphatic rings. The highest BCUT2D eigenvalue weighted by atomic mass is 32.2. The van der Waals surface area contributed by atoms with Gasteiger partial charge in [-0.15, -0.1) is 4.40 Å². The monoisotopic (exact) mass is 434 g/mol. The number of carbonyl (C=O) groups excluding carboxylic acids is 2. The molecule has 0 saturated carbocycles. The van der Waals surface area contributed by atoms with Gasteiger partial charge in [-0.1, -0.05) is 23.5 Å². The fourth-order valence-electron chi connectivity index (χ4n) is 3.43. The van der Waals surface area contributed by atoms with Crippen LogP contribution < -0.4 is 5.32 Å². The minimum absolute atomic E-state index is 0.194. The molecule has 11 heteroatoms. The topological polar surface area (TPSA) is 118 Å². The van der Waals surface area contributed by atoms with E-state index in [1.807, 2.05) is 4.90 Å². The lowest BCUT2D eigenvalue weighted by atomic mass is 9.96. The molecule has 1 aromatic heterocycles. The molecule has 0 radical (unpaired) electrons. The van der Waals surface area contributed by atoms with Gasteiger partial charge in [0.1, 0.15) is 9.77 Å². The number of sulfonamides is 1. The number of anilines is 1. The Balaban J connectivity index is 1.48. The van der Waals surface area contributed by atoms with E-state index >= 15 is 0 Å². The van der Waals surface area contributed by atoms with E-state index in [1.165, 1.54) is 19.4 Å². The van der Waals surface area contributed by atoms with E-state index in [-0.39, 0.29) is 16.7 Å². The van der Waals surface area contributed by atoms with Crippen LogP contribution in [0, 0.1) is 5.92 Å². The molecular weight excluding hydrogens is 416 g/mol. The standard InChI is InChI=1S/C18H18N4O5S2/c1-27-17(24)13-9-19-18(28-13)20-16(23)11-5-4-8-22(10-11)15-12-6-2-3-7-14(12)29(25,26)21-15/h2-3,6-7,9,11H,4-5,8,10H2,1H3,(H,19,20,23)/t11-/m1/s1. The highest BCUT2D eigenvalue weighted by molar-refractivity contribution is 7.90. The van der Waals surface area contributed by atoms with E-state index in [1.54, 1.807) is 18.2 Å². The van der Waals surface area contributed by atoms with Crippen LogP contribution in [0.1, 0.15) is 28.1 Å². The summed E-state index contributed by atoms with van der Waals surface area (Å²) in [6, 6.07) is 6.70. The number of piperidine rings is 1. The number of nitrogens with zero attached hydrogens (tertiary/aromatic N) is 3. The van der Waals surface area contributed by atoms with Crippen molar-refractivity contribution >= 4 is 44.2 Å². The summed E-state index contributed by atoms with van der Waals surface area (Å²) in [5.41, 5.74) is 0.566. The van der Waals surface area contributed by atoms with Crippen LogP contribution in [0.25, 0.3) is 0 Å². The van der Waals surface area contributed by atoms with E-state index in [0.717, 1.165) is 17.8 Å². The normalized spacial score (nSPS) is 20.0. The first-order valence-electron chi connectivity index (χ1n) is 8.93. The molecule has 1 N–H and O–H groups in total. The Labute approximate surface area is 171 Å². The predicted molar refractivity (Wildman–Crippen MR) is 107 cm³/mol. The van der Waals surface area contributed by atoms with Gasteiger partial charge in [-0.2, -0.15) is 8.42 Å². The van der Waals surface area contributed by atoms with E-state index in [9.17, 15) is 18.0 Å². The second-order valence-electron chi connectivity index (χ2n) is 6.68. The number of fused-ring (bicyclic) bond motifs is 1. The van der Waals surface area contributed by atoms with Gasteiger partial charge >= 0.3 is 5.97 Å². The first kappa shape index (κ1) is 19.5. The van der Waals surface area contributed by atoms with Gasteiger partial charge in [-0.3, -0.25) is 4.79 Å². The first-order valence-corrected chi connectivity index (χ1v) is 11.2. The van der Waals surface area contributed by atoms with Crippen LogP contribution in [0.3, 0.4) is 0 Å². The molecule has 0 bridgehead atoms. The lowest BCUT2D eigenvalue weighted by molar-refractivity contribution is -0.121. The number of carbonyl (C=O) groups is 2. The number of likely N-dealkylation sites (tertiary alicyclic amines) is 1. The van der Waals surface area contributed by atoms with Gasteiger partial charge in [-0.25, -0.2) is 9.78 Å². The molecule has 0 aliphatic carbocycles. The number of amides is 1. The fourth-order valence-corrected chi connectivity index (χ4v) is 5.40. The van der Waals surface area contributed by atoms with Crippen LogP contribution in [-0.2, 0) is 19.6 Å². The molecule has 1 saturated heterocycles. The minimum Gasteiger partial charge on any atom is -0.465 e. The van der Waals surface area contributed by atoms with E-state index < -0.39 is 16.0 Å². The van der Waals surface area contributed by atoms with Crippen LogP contribution >= 0.6 is 11.3 Å². The molecule has 29 heavy (non-hydrogen) atoms. The van der Waals surface area contributed by atoms with Crippen molar-refractivity contribution in [1.29, 1.82) is 0 Å². The quantitative estimate of drug-likeness (QED) is 0.731. The molecule has 152 valence electrons. The number of thiazole rings is 1. The van der Waals surface area contributed by atoms with Crippen molar-refractivity contribution in [3.63, 3.8) is 0 Å². The number of ether oxygens (including phenoxy) is 1. The Bertz CT molecular complexity index is 1110. The van der Waals surface area contributed by atoms with Gasteiger partial charge in [0, 0.05) is 18.7 Å². The SMILES string of the molecule is COC(=O)c1cnc(NC(=O)[C@@H]2CCCN(C3=NS(=O)(=O)c4ccccc43)C2)s1. The van der Waals surface area contributed by atoms with Gasteiger partial charge in [0.25, 0.3) is 10.0 Å². The van der Waals surface area contributed by atoms with Gasteiger partial charge < -0.3 is 15.0 Å². The van der Waals surface area contributed by atoms with Crippen molar-refractivity contribution in [3.05, 3.63) is 40.9 Å². The summed E-state index contributed by atoms with van der Waals surface area (Å²) >= 11 is 1.04. The van der Waals surface area contributed by atoms with Gasteiger partial charge in [0.15, 0.2) is 11.0 Å². The van der Waals surface area contributed by atoms with Crippen molar-refractivity contribution in [3.8, 4) is 0 Å². The summed E-state index contributed by atoms with van der Waals surface area (Å²) in [6.45, 7) is 0.972. The van der Waals surface area contributed by atoms with E-state index in [0.29, 0.717) is 40.9 Å². The minimum atomic E-state index is -3.70. The Morgan fingerprint density at radius 3 is 2.90 bits per heavy atom. The largest absolute Gasteiger partial charge is 0.465 e. The number of esters is 1. The van der Waals surface area contributed by atoms with Crippen LogP contribution in [0.5, 0.6) is 0 Å². The molecule has 1 fully saturated rings. The van der Waals surface area contributed by atoms with Crippen molar-refractivity contribution in [2.24, 2.45) is 10.3 Å². The summed E-state index contributed by atoms with van der Waals surface area (Å²) < 4.78 is 33.2. The lowest BCUT2D eigenvalue weighted by Gasteiger charge is -2.33. The molecule has 2 aliphatic heterocycles. The van der Waals surface area contributed by atoms with Crippen molar-refractivity contribution in [1.82, 2.24) is 9.88 Å². The molecule has 3 heterocycles. The van der Waals surface area contributed by atoms with Gasteiger partial charge in [0.2, 0.25) is 5.91 Å². The van der Waals surface area contributed by atoms with E-state index in [2.05, 4.69) is 19.4 Å². The molecule has 0 unspecified atom stereocenters. The molecule has 9 nitrogen and oxygen atoms in total. The predicted octanol–water partition coefficient (Wildman–Crippen LogP) is 1.73. The number of aromatic nitrogens is 1. The number of hydrogen-bond donors (Lipinski definition) is 1. The molecule has 0 spiro atoms. The average molecular weight is 434 g/mol. The number of methoxy groups -OCH3 is 1. The zero-order valence-corrected chi connectivity index (χ0v) is 17.1. The van der Waals surface area contributed by atoms with Crippen LogP contribution in [-0.4, -0.2) is 56.2 Å². The number of rotatable bonds is 3. The fraction of sp³-hybridized carbons (Fsp3) is 0.333. The smallest absolute Gasteiger partial charge is 0.349 e. The number of hydrogen-bond acceptors (Lipinski definition) is 8. The molecule has 2 aromatic rings. The highest BCUT2D eigenvalue weighted by Gasteiger charge is 2.35. The summed E-state index contributed by atoms with van der Waals surface area (Å²) in [4.78, 5) is 30.6. The summed E-state index contributed by atoms with van der Waals surface area (Å²) in [5.74, 6) is -0.700. The first-order chi connectivity index (χ1) is 13.9. The van der Waals surface area contributed by atoms with Crippen LogP contribution in [0.2, 0.25) is 0 Å². The van der Waals surface area contributed by atoms with Crippen LogP contribution in [0.4, 0.5) is 5.13 Å². The van der Waals surface area contributed by atoms with Gasteiger partial charge in [-0.05, 0) is 25.0 Å². The molecule has 4 rings (SSSR count). The highest BCUT2D eigenvalue weighted by Crippen LogP contribution is 2.30. The third-order valence-electron chi connectivity index (χ3n) is 4.83. The maximum absolute atomic E-state index is 12.7. The number of nitrogens with one attached hydrogen (secondary N) is 1. The zero-order chi connectivity index (χ0) is 20.6. The average Bonchev–Trinajstić information content (AvgIpc) is 3.30. The third kappa shape index (κ3) is 3.75. The van der Waals surface area contributed by atoms with Crippen molar-refractivity contribution < 1.29 is 22.7 Å². The summed E-state index contributed by atoms with van der Waals surface area (Å²) in [7, 11) is -2.43. The van der Waals surface area contributed by atoms with E-state index in [4.69, 9.17) is 0 Å². The molecule has 1 amide bonds. The molecule has 1 atom stereocenters. The Kier molecular flexibility index (Phi) is 5.09. The maximum atomic E-state index is 12.7. The third-order valence-corrected chi connectivity index (χ3v) is 7.04. The molecular formula is C18H18N4O5S2. The Hall–Kier alpha value is -2.79. The summed E-state index contributed by atoms with van der Waals surface area (Å²) in [5, 5.41) is 3.05. The number of benzene rings is 1. The van der Waals surface area contributed by atoms with Gasteiger partial charge in [0.05, 0.1) is 19.2 Å². The Morgan fingerprint density at radius 2 is 2.10 bits per heavy atom. The second kappa shape index (κ2) is 7.56. The lowest BCUT2D eigenvalue weighted by Crippen LogP contribution is -2.43. The maximum Gasteiger partial charge on any atom is 0.349 e. The van der Waals surface area contributed by atoms with Crippen molar-refractivity contribution in [2.75, 3.05) is 25.5 Å². The summed E-state index contributed by atoms with van der Waals surface area (Å²) in [6.07, 6.45) is 2.75. The zero-order valence-electron chi connectivity index (χ0n) is 15.5. The van der Waals surface area contributed by atoms with Crippen molar-refractivity contribution in [2.45, 2.75) is 17.7 Å². The van der Waals surface area contributed by atoms with Crippen LogP contribution in [0.15, 0.2) is 39.8 Å². The second-order valence-corrected chi connectivity index (χ2v) is 9.28. The molecule has 1 aromatic carbocycles. The Morgan fingerprint density at radius 1 is 1.31 bits per heavy atom. The number of amidine groups is 1.